The summed E-state index contributed by atoms with van der Waals surface area (Å²) in [6.45, 7) is 2.51. The third-order valence-corrected chi connectivity index (χ3v) is 5.56. The van der Waals surface area contributed by atoms with Crippen LogP contribution in [0.25, 0.3) is 10.9 Å². The molecule has 0 radical (unpaired) electrons. The van der Waals surface area contributed by atoms with Gasteiger partial charge in [-0.1, -0.05) is 0 Å². The summed E-state index contributed by atoms with van der Waals surface area (Å²) in [5, 5.41) is 19.8. The average Bonchev–Trinajstić information content (AvgIpc) is 3.45. The van der Waals surface area contributed by atoms with Crippen LogP contribution in [-0.2, 0) is 0 Å². The second-order valence-corrected chi connectivity index (χ2v) is 7.97. The Morgan fingerprint density at radius 3 is 2.68 bits per heavy atom. The number of aromatic carboxylic acids is 1. The third-order valence-electron chi connectivity index (χ3n) is 5.56. The Morgan fingerprint density at radius 2 is 2.11 bits per heavy atom. The quantitative estimate of drug-likeness (QED) is 0.834. The number of benzene rings is 1. The van der Waals surface area contributed by atoms with Gasteiger partial charge in [-0.05, 0) is 38.7 Å². The second kappa shape index (κ2) is 6.48. The zero-order chi connectivity index (χ0) is 20.2. The summed E-state index contributed by atoms with van der Waals surface area (Å²) in [6, 6.07) is 1.15. The number of anilines is 1. The molecule has 0 amide bonds. The number of nitrogens with zero attached hydrogens (tertiary/aromatic N) is 2. The molecule has 0 spiro atoms. The summed E-state index contributed by atoms with van der Waals surface area (Å²) < 4.78 is 22.5. The van der Waals surface area contributed by atoms with Crippen molar-refractivity contribution in [2.75, 3.05) is 25.1 Å². The van der Waals surface area contributed by atoms with E-state index in [4.69, 9.17) is 4.74 Å². The topological polar surface area (TPSA) is 92.0 Å². The van der Waals surface area contributed by atoms with Crippen LogP contribution in [0.3, 0.4) is 0 Å². The van der Waals surface area contributed by atoms with Gasteiger partial charge in [0, 0.05) is 25.3 Å². The SMILES string of the molecule is COc1c(N2CCCC(C)(O)C2)c(F)cc2c(=O)c(C(=O)O)cn(C3CC3)c12. The summed E-state index contributed by atoms with van der Waals surface area (Å²) in [7, 11) is 1.41. The Hall–Kier alpha value is -2.61. The molecule has 2 heterocycles. The zero-order valence-electron chi connectivity index (χ0n) is 15.9. The van der Waals surface area contributed by atoms with Crippen LogP contribution in [-0.4, -0.2) is 46.5 Å². The second-order valence-electron chi connectivity index (χ2n) is 7.97. The summed E-state index contributed by atoms with van der Waals surface area (Å²) in [4.78, 5) is 26.0. The number of hydrogen-bond acceptors (Lipinski definition) is 5. The summed E-state index contributed by atoms with van der Waals surface area (Å²) in [6.07, 6.45) is 4.36. The van der Waals surface area contributed by atoms with Crippen molar-refractivity contribution in [3.05, 3.63) is 33.9 Å². The first kappa shape index (κ1) is 18.7. The van der Waals surface area contributed by atoms with E-state index in [-0.39, 0.29) is 35.0 Å². The lowest BCUT2D eigenvalue weighted by Crippen LogP contribution is -2.46. The van der Waals surface area contributed by atoms with Gasteiger partial charge in [-0.25, -0.2) is 9.18 Å². The van der Waals surface area contributed by atoms with E-state index < -0.39 is 22.8 Å². The van der Waals surface area contributed by atoms with E-state index >= 15 is 4.39 Å². The van der Waals surface area contributed by atoms with Gasteiger partial charge in [0.25, 0.3) is 0 Å². The van der Waals surface area contributed by atoms with Crippen LogP contribution in [0.2, 0.25) is 0 Å². The number of rotatable bonds is 4. The minimum atomic E-state index is -1.34. The number of carboxylic acids is 1. The first-order valence-corrected chi connectivity index (χ1v) is 9.39. The van der Waals surface area contributed by atoms with E-state index in [0.29, 0.717) is 24.9 Å². The normalized spacial score (nSPS) is 22.5. The fourth-order valence-corrected chi connectivity index (χ4v) is 4.14. The Labute approximate surface area is 160 Å². The lowest BCUT2D eigenvalue weighted by Gasteiger charge is -2.39. The van der Waals surface area contributed by atoms with Gasteiger partial charge in [0.2, 0.25) is 5.43 Å². The van der Waals surface area contributed by atoms with Gasteiger partial charge in [-0.3, -0.25) is 4.79 Å². The largest absolute Gasteiger partial charge is 0.492 e. The van der Waals surface area contributed by atoms with Crippen LogP contribution in [0.4, 0.5) is 10.1 Å². The maximum atomic E-state index is 15.2. The van der Waals surface area contributed by atoms with E-state index in [1.165, 1.54) is 13.3 Å². The summed E-state index contributed by atoms with van der Waals surface area (Å²) >= 11 is 0. The highest BCUT2D eigenvalue weighted by molar-refractivity contribution is 5.97. The minimum absolute atomic E-state index is 0.00586. The van der Waals surface area contributed by atoms with Crippen molar-refractivity contribution in [2.45, 2.75) is 44.2 Å². The van der Waals surface area contributed by atoms with Crippen LogP contribution < -0.4 is 15.1 Å². The molecule has 1 atom stereocenters. The predicted octanol–water partition coefficient (Wildman–Crippen LogP) is 2.53. The molecule has 150 valence electrons. The van der Waals surface area contributed by atoms with Gasteiger partial charge >= 0.3 is 5.97 Å². The van der Waals surface area contributed by atoms with E-state index in [2.05, 4.69) is 0 Å². The molecule has 0 bridgehead atoms. The van der Waals surface area contributed by atoms with Crippen molar-refractivity contribution < 1.29 is 24.1 Å². The molecule has 1 aromatic heterocycles. The van der Waals surface area contributed by atoms with Crippen molar-refractivity contribution >= 4 is 22.6 Å². The molecule has 1 saturated heterocycles. The Morgan fingerprint density at radius 1 is 1.39 bits per heavy atom. The van der Waals surface area contributed by atoms with E-state index in [0.717, 1.165) is 18.9 Å². The average molecular weight is 390 g/mol. The van der Waals surface area contributed by atoms with E-state index in [1.54, 1.807) is 16.4 Å². The summed E-state index contributed by atoms with van der Waals surface area (Å²) in [5.74, 6) is -1.80. The molecule has 2 fully saturated rings. The Kier molecular flexibility index (Phi) is 4.33. The number of fused-ring (bicyclic) bond motifs is 1. The number of carboxylic acid groups (broad SMARTS) is 1. The molecule has 28 heavy (non-hydrogen) atoms. The molecule has 2 N–H and O–H groups in total. The summed E-state index contributed by atoms with van der Waals surface area (Å²) in [5.41, 5.74) is -1.45. The monoisotopic (exact) mass is 390 g/mol. The van der Waals surface area contributed by atoms with Crippen molar-refractivity contribution in [1.82, 2.24) is 4.57 Å². The molecule has 1 unspecified atom stereocenters. The molecular weight excluding hydrogens is 367 g/mol. The number of methoxy groups -OCH3 is 1. The van der Waals surface area contributed by atoms with Gasteiger partial charge in [0.05, 0.1) is 23.6 Å². The van der Waals surface area contributed by atoms with Crippen LogP contribution in [0.1, 0.15) is 49.0 Å². The highest BCUT2D eigenvalue weighted by Crippen LogP contribution is 2.44. The van der Waals surface area contributed by atoms with Crippen LogP contribution in [0.15, 0.2) is 17.1 Å². The first-order chi connectivity index (χ1) is 13.2. The highest BCUT2D eigenvalue weighted by Gasteiger charge is 2.34. The number of ether oxygens (including phenoxy) is 1. The molecule has 4 rings (SSSR count). The molecule has 1 saturated carbocycles. The highest BCUT2D eigenvalue weighted by atomic mass is 19.1. The number of hydrogen-bond donors (Lipinski definition) is 2. The van der Waals surface area contributed by atoms with Crippen molar-refractivity contribution in [1.29, 1.82) is 0 Å². The molecule has 1 aliphatic carbocycles. The van der Waals surface area contributed by atoms with Gasteiger partial charge in [0.15, 0.2) is 11.6 Å². The lowest BCUT2D eigenvalue weighted by atomic mass is 9.94. The number of β-amino-alcohol motifs (C(OH)–C–C–N with tert-alkyl or cyclic N) is 1. The van der Waals surface area contributed by atoms with Crippen molar-refractivity contribution in [3.63, 3.8) is 0 Å². The maximum Gasteiger partial charge on any atom is 0.341 e. The number of carbonyl (C=O) groups is 1. The molecule has 1 aromatic carbocycles. The van der Waals surface area contributed by atoms with Crippen molar-refractivity contribution in [2.24, 2.45) is 0 Å². The third kappa shape index (κ3) is 3.01. The number of piperidine rings is 1. The van der Waals surface area contributed by atoms with Crippen LogP contribution in [0.5, 0.6) is 5.75 Å². The number of aromatic nitrogens is 1. The standard InChI is InChI=1S/C20H23FN2O5/c1-20(27)6-3-7-22(10-20)16-14(21)8-12-15(18(16)28-2)23(11-4-5-11)9-13(17(12)24)19(25)26/h8-9,11,27H,3-7,10H2,1-2H3,(H,25,26). The van der Waals surface area contributed by atoms with Gasteiger partial charge in [-0.2, -0.15) is 0 Å². The van der Waals surface area contributed by atoms with Crippen LogP contribution in [0, 0.1) is 5.82 Å². The van der Waals surface area contributed by atoms with Crippen LogP contribution >= 0.6 is 0 Å². The molecule has 7 nitrogen and oxygen atoms in total. The predicted molar refractivity (Wildman–Crippen MR) is 102 cm³/mol. The number of pyridine rings is 1. The Bertz CT molecular complexity index is 1030. The van der Waals surface area contributed by atoms with Gasteiger partial charge in [0.1, 0.15) is 11.3 Å². The molecule has 1 aliphatic heterocycles. The zero-order valence-corrected chi connectivity index (χ0v) is 15.9. The minimum Gasteiger partial charge on any atom is -0.492 e. The Balaban J connectivity index is 2.02. The molecule has 2 aromatic rings. The van der Waals surface area contributed by atoms with E-state index in [9.17, 15) is 19.8 Å². The molecule has 8 heteroatoms. The van der Waals surface area contributed by atoms with Gasteiger partial charge < -0.3 is 24.4 Å². The van der Waals surface area contributed by atoms with Gasteiger partial charge in [-0.15, -0.1) is 0 Å². The fourth-order valence-electron chi connectivity index (χ4n) is 4.14. The molecular formula is C20H23FN2O5. The smallest absolute Gasteiger partial charge is 0.341 e. The number of aliphatic hydroxyl groups is 1. The number of halogens is 1. The lowest BCUT2D eigenvalue weighted by molar-refractivity contribution is 0.0446. The maximum absolute atomic E-state index is 15.2. The molecule has 2 aliphatic rings. The van der Waals surface area contributed by atoms with E-state index in [1.807, 2.05) is 0 Å². The van der Waals surface area contributed by atoms with Crippen molar-refractivity contribution in [3.8, 4) is 5.75 Å². The first-order valence-electron chi connectivity index (χ1n) is 9.39. The fraction of sp³-hybridized carbons (Fsp3) is 0.500.